The van der Waals surface area contributed by atoms with Crippen LogP contribution in [0.15, 0.2) is 47.4 Å². The summed E-state index contributed by atoms with van der Waals surface area (Å²) in [6, 6.07) is 9.57. The van der Waals surface area contributed by atoms with E-state index in [1.165, 1.54) is 49.4 Å². The molecule has 7 heteroatoms. The number of phenols is 1. The maximum atomic E-state index is 12.2. The maximum absolute atomic E-state index is 12.2. The van der Waals surface area contributed by atoms with Gasteiger partial charge in [0, 0.05) is 5.56 Å². The SMILES string of the molecule is CC(=O)c1ccc(S(=O)(=O)Nc2ccc(O)c(Cl)c2)cc1. The number of rotatable bonds is 4. The average Bonchev–Trinajstić information content (AvgIpc) is 2.43. The molecule has 0 amide bonds. The molecular formula is C14H12ClNO4S. The summed E-state index contributed by atoms with van der Waals surface area (Å²) >= 11 is 5.72. The Morgan fingerprint density at radius 1 is 1.14 bits per heavy atom. The molecule has 110 valence electrons. The van der Waals surface area contributed by atoms with Crippen molar-refractivity contribution in [2.45, 2.75) is 11.8 Å². The van der Waals surface area contributed by atoms with Crippen molar-refractivity contribution in [2.24, 2.45) is 0 Å². The summed E-state index contributed by atoms with van der Waals surface area (Å²) in [6.07, 6.45) is 0. The van der Waals surface area contributed by atoms with Crippen LogP contribution in [0.1, 0.15) is 17.3 Å². The van der Waals surface area contributed by atoms with Crippen LogP contribution in [-0.2, 0) is 10.0 Å². The van der Waals surface area contributed by atoms with Crippen LogP contribution in [0, 0.1) is 0 Å². The molecule has 0 atom stereocenters. The summed E-state index contributed by atoms with van der Waals surface area (Å²) in [4.78, 5) is 11.2. The van der Waals surface area contributed by atoms with Crippen LogP contribution in [0.3, 0.4) is 0 Å². The molecule has 2 N–H and O–H groups in total. The van der Waals surface area contributed by atoms with Crippen molar-refractivity contribution in [3.8, 4) is 5.75 Å². The summed E-state index contributed by atoms with van der Waals surface area (Å²) < 4.78 is 26.7. The van der Waals surface area contributed by atoms with Gasteiger partial charge in [-0.15, -0.1) is 0 Å². The number of carbonyl (C=O) groups is 1. The second kappa shape index (κ2) is 5.75. The van der Waals surface area contributed by atoms with E-state index in [1.54, 1.807) is 0 Å². The number of hydrogen-bond donors (Lipinski definition) is 2. The van der Waals surface area contributed by atoms with E-state index < -0.39 is 10.0 Å². The van der Waals surface area contributed by atoms with Gasteiger partial charge in [0.05, 0.1) is 15.6 Å². The van der Waals surface area contributed by atoms with Crippen LogP contribution in [0.4, 0.5) is 5.69 Å². The van der Waals surface area contributed by atoms with E-state index in [2.05, 4.69) is 4.72 Å². The summed E-state index contributed by atoms with van der Waals surface area (Å²) in [5.74, 6) is -0.275. The molecule has 0 aliphatic heterocycles. The number of nitrogens with one attached hydrogen (secondary N) is 1. The van der Waals surface area contributed by atoms with Gasteiger partial charge in [-0.1, -0.05) is 23.7 Å². The van der Waals surface area contributed by atoms with Crippen molar-refractivity contribution >= 4 is 33.1 Å². The minimum Gasteiger partial charge on any atom is -0.506 e. The number of anilines is 1. The number of phenolic OH excluding ortho intramolecular Hbond substituents is 1. The molecule has 0 aliphatic carbocycles. The normalized spacial score (nSPS) is 11.1. The molecule has 5 nitrogen and oxygen atoms in total. The fourth-order valence-corrected chi connectivity index (χ4v) is 2.88. The molecule has 2 aromatic carbocycles. The molecule has 0 radical (unpaired) electrons. The third kappa shape index (κ3) is 3.53. The van der Waals surface area contributed by atoms with Crippen molar-refractivity contribution in [2.75, 3.05) is 4.72 Å². The van der Waals surface area contributed by atoms with Crippen molar-refractivity contribution in [1.29, 1.82) is 0 Å². The number of Topliss-reactive ketones (excluding diaryl/α,β-unsaturated/α-hetero) is 1. The number of ketones is 1. The third-order valence-electron chi connectivity index (χ3n) is 2.77. The van der Waals surface area contributed by atoms with Crippen LogP contribution in [-0.4, -0.2) is 19.3 Å². The second-order valence-electron chi connectivity index (χ2n) is 4.35. The van der Waals surface area contributed by atoms with Crippen molar-refractivity contribution in [3.63, 3.8) is 0 Å². The Morgan fingerprint density at radius 2 is 1.76 bits per heavy atom. The summed E-state index contributed by atoms with van der Waals surface area (Å²) in [7, 11) is -3.79. The van der Waals surface area contributed by atoms with E-state index in [0.717, 1.165) is 0 Å². The number of benzene rings is 2. The van der Waals surface area contributed by atoms with Gasteiger partial charge in [0.15, 0.2) is 5.78 Å². The minimum atomic E-state index is -3.79. The number of hydrogen-bond acceptors (Lipinski definition) is 4. The zero-order chi connectivity index (χ0) is 15.6. The molecule has 2 aromatic rings. The van der Waals surface area contributed by atoms with E-state index >= 15 is 0 Å². The first kappa shape index (κ1) is 15.3. The molecule has 21 heavy (non-hydrogen) atoms. The van der Waals surface area contributed by atoms with Crippen LogP contribution < -0.4 is 4.72 Å². The molecule has 0 saturated heterocycles. The molecule has 0 aliphatic rings. The highest BCUT2D eigenvalue weighted by atomic mass is 35.5. The van der Waals surface area contributed by atoms with Gasteiger partial charge in [-0.25, -0.2) is 8.42 Å². The summed E-state index contributed by atoms with van der Waals surface area (Å²) in [6.45, 7) is 1.40. The standard InChI is InChI=1S/C14H12ClNO4S/c1-9(17)10-2-5-12(6-3-10)21(19,20)16-11-4-7-14(18)13(15)8-11/h2-8,16,18H,1H3. The van der Waals surface area contributed by atoms with Gasteiger partial charge in [0.25, 0.3) is 10.0 Å². The highest BCUT2D eigenvalue weighted by Crippen LogP contribution is 2.27. The lowest BCUT2D eigenvalue weighted by atomic mass is 10.2. The monoisotopic (exact) mass is 325 g/mol. The number of aromatic hydroxyl groups is 1. The van der Waals surface area contributed by atoms with Crippen LogP contribution in [0.5, 0.6) is 5.75 Å². The topological polar surface area (TPSA) is 83.5 Å². The molecule has 0 fully saturated rings. The lowest BCUT2D eigenvalue weighted by molar-refractivity contribution is 0.101. The molecule has 0 spiro atoms. The van der Waals surface area contributed by atoms with Gasteiger partial charge in [-0.05, 0) is 37.3 Å². The predicted octanol–water partition coefficient (Wildman–Crippen LogP) is 3.05. The Morgan fingerprint density at radius 3 is 2.29 bits per heavy atom. The molecular weight excluding hydrogens is 314 g/mol. The lowest BCUT2D eigenvalue weighted by Gasteiger charge is -2.09. The van der Waals surface area contributed by atoms with Gasteiger partial charge < -0.3 is 5.11 Å². The fraction of sp³-hybridized carbons (Fsp3) is 0.0714. The van der Waals surface area contributed by atoms with Crippen molar-refractivity contribution in [3.05, 3.63) is 53.1 Å². The van der Waals surface area contributed by atoms with E-state index in [1.807, 2.05) is 0 Å². The Kier molecular flexibility index (Phi) is 4.20. The highest BCUT2D eigenvalue weighted by Gasteiger charge is 2.15. The fourth-order valence-electron chi connectivity index (χ4n) is 1.65. The first-order chi connectivity index (χ1) is 9.79. The Balaban J connectivity index is 2.29. The van der Waals surface area contributed by atoms with Crippen molar-refractivity contribution in [1.82, 2.24) is 0 Å². The molecule has 2 rings (SSSR count). The van der Waals surface area contributed by atoms with Crippen LogP contribution >= 0.6 is 11.6 Å². The minimum absolute atomic E-state index is 0.0247. The Bertz CT molecular complexity index is 785. The number of halogens is 1. The van der Waals surface area contributed by atoms with Gasteiger partial charge in [0.1, 0.15) is 5.75 Å². The Labute approximate surface area is 127 Å². The zero-order valence-corrected chi connectivity index (χ0v) is 12.6. The van der Waals surface area contributed by atoms with Gasteiger partial charge in [0.2, 0.25) is 0 Å². The van der Waals surface area contributed by atoms with Gasteiger partial charge in [-0.3, -0.25) is 9.52 Å². The lowest BCUT2D eigenvalue weighted by Crippen LogP contribution is -2.13. The summed E-state index contributed by atoms with van der Waals surface area (Å²) in [5, 5.41) is 9.34. The largest absolute Gasteiger partial charge is 0.506 e. The quantitative estimate of drug-likeness (QED) is 0.668. The molecule has 0 saturated carbocycles. The molecule has 0 heterocycles. The van der Waals surface area contributed by atoms with E-state index in [4.69, 9.17) is 11.6 Å². The molecule has 0 aromatic heterocycles. The van der Waals surface area contributed by atoms with Gasteiger partial charge >= 0.3 is 0 Å². The first-order valence-electron chi connectivity index (χ1n) is 5.92. The Hall–Kier alpha value is -2.05. The predicted molar refractivity (Wildman–Crippen MR) is 80.4 cm³/mol. The van der Waals surface area contributed by atoms with Crippen LogP contribution in [0.25, 0.3) is 0 Å². The summed E-state index contributed by atoms with van der Waals surface area (Å²) in [5.41, 5.74) is 0.662. The van der Waals surface area contributed by atoms with Crippen LogP contribution in [0.2, 0.25) is 5.02 Å². The molecule has 0 bridgehead atoms. The van der Waals surface area contributed by atoms with Crippen molar-refractivity contribution < 1.29 is 18.3 Å². The average molecular weight is 326 g/mol. The number of sulfonamides is 1. The highest BCUT2D eigenvalue weighted by molar-refractivity contribution is 7.92. The maximum Gasteiger partial charge on any atom is 0.261 e. The zero-order valence-electron chi connectivity index (χ0n) is 11.0. The second-order valence-corrected chi connectivity index (χ2v) is 6.44. The van der Waals surface area contributed by atoms with E-state index in [0.29, 0.717) is 5.56 Å². The van der Waals surface area contributed by atoms with E-state index in [9.17, 15) is 18.3 Å². The first-order valence-corrected chi connectivity index (χ1v) is 7.78. The van der Waals surface area contributed by atoms with E-state index in [-0.39, 0.29) is 27.1 Å². The molecule has 0 unspecified atom stereocenters. The third-order valence-corrected chi connectivity index (χ3v) is 4.47. The van der Waals surface area contributed by atoms with Gasteiger partial charge in [-0.2, -0.15) is 0 Å². The smallest absolute Gasteiger partial charge is 0.261 e. The number of carbonyl (C=O) groups excluding carboxylic acids is 1.